The van der Waals surface area contributed by atoms with E-state index in [9.17, 15) is 9.59 Å². The van der Waals surface area contributed by atoms with Gasteiger partial charge in [0.25, 0.3) is 5.56 Å². The van der Waals surface area contributed by atoms with Crippen molar-refractivity contribution in [1.82, 2.24) is 20.4 Å². The molecule has 158 valence electrons. The Labute approximate surface area is 196 Å². The van der Waals surface area contributed by atoms with Gasteiger partial charge in [0.15, 0.2) is 0 Å². The van der Waals surface area contributed by atoms with Crippen LogP contribution in [0.4, 0.5) is 5.82 Å². The Morgan fingerprint density at radius 3 is 3.03 bits per heavy atom. The zero-order valence-electron chi connectivity index (χ0n) is 16.6. The molecule has 30 heavy (non-hydrogen) atoms. The highest BCUT2D eigenvalue weighted by atomic mass is 127. The third-order valence-corrected chi connectivity index (χ3v) is 6.68. The van der Waals surface area contributed by atoms with Crippen LogP contribution in [0, 0.1) is 9.49 Å². The number of fused-ring (bicyclic) bond motifs is 3. The Hall–Kier alpha value is -1.56. The lowest BCUT2D eigenvalue weighted by molar-refractivity contribution is -0.122. The van der Waals surface area contributed by atoms with Crippen molar-refractivity contribution in [3.8, 4) is 0 Å². The summed E-state index contributed by atoms with van der Waals surface area (Å²) in [6, 6.07) is 5.68. The summed E-state index contributed by atoms with van der Waals surface area (Å²) < 4.78 is 1.69. The largest absolute Gasteiger partial charge is 0.327 e. The van der Waals surface area contributed by atoms with E-state index in [1.54, 1.807) is 6.20 Å². The standard InChI is InChI=1S/C21H23BrIN5O2/c1-2-7-25-28-8-3-4-12(11-28)20(29)27-19-14-6-5-13(22)9-15(14)17-18(26-19)16(23)10-24-21(17)30/h5-6,9-10,12,25H,2-4,7-8,11H2,1H3,(H,24,30)(H,26,27,29)/t12-/m0/s1. The third-order valence-electron chi connectivity index (χ3n) is 5.37. The first-order chi connectivity index (χ1) is 14.5. The van der Waals surface area contributed by atoms with Crippen molar-refractivity contribution in [1.29, 1.82) is 0 Å². The van der Waals surface area contributed by atoms with Gasteiger partial charge in [-0.05, 0) is 60.1 Å². The molecule has 0 bridgehead atoms. The van der Waals surface area contributed by atoms with Gasteiger partial charge in [-0.15, -0.1) is 0 Å². The van der Waals surface area contributed by atoms with E-state index in [0.717, 1.165) is 51.2 Å². The van der Waals surface area contributed by atoms with E-state index < -0.39 is 0 Å². The van der Waals surface area contributed by atoms with E-state index >= 15 is 0 Å². The maximum atomic E-state index is 13.1. The van der Waals surface area contributed by atoms with Crippen LogP contribution in [0.1, 0.15) is 26.2 Å². The number of benzene rings is 1. The van der Waals surface area contributed by atoms with Gasteiger partial charge in [0.2, 0.25) is 5.91 Å². The van der Waals surface area contributed by atoms with Crippen LogP contribution in [0.5, 0.6) is 0 Å². The van der Waals surface area contributed by atoms with E-state index in [-0.39, 0.29) is 17.4 Å². The van der Waals surface area contributed by atoms with Gasteiger partial charge in [0.05, 0.1) is 20.4 Å². The van der Waals surface area contributed by atoms with E-state index in [4.69, 9.17) is 4.98 Å². The predicted molar refractivity (Wildman–Crippen MR) is 132 cm³/mol. The number of nitrogens with zero attached hydrogens (tertiary/aromatic N) is 2. The number of hydrogen-bond donors (Lipinski definition) is 3. The number of nitrogens with one attached hydrogen (secondary N) is 3. The predicted octanol–water partition coefficient (Wildman–Crippen LogP) is 4.01. The Morgan fingerprint density at radius 2 is 2.23 bits per heavy atom. The molecule has 1 aliphatic heterocycles. The van der Waals surface area contributed by atoms with Gasteiger partial charge < -0.3 is 10.3 Å². The van der Waals surface area contributed by atoms with Gasteiger partial charge in [-0.25, -0.2) is 9.99 Å². The number of H-pyrrole nitrogens is 1. The van der Waals surface area contributed by atoms with E-state index in [1.807, 2.05) is 18.2 Å². The molecular weight excluding hydrogens is 561 g/mol. The number of amides is 1. The summed E-state index contributed by atoms with van der Waals surface area (Å²) in [7, 11) is 0. The molecular formula is C21H23BrIN5O2. The number of halogens is 2. The summed E-state index contributed by atoms with van der Waals surface area (Å²) >= 11 is 5.65. The van der Waals surface area contributed by atoms with Crippen molar-refractivity contribution in [2.45, 2.75) is 26.2 Å². The fourth-order valence-electron chi connectivity index (χ4n) is 3.88. The molecule has 0 aliphatic carbocycles. The molecule has 3 N–H and O–H groups in total. The number of anilines is 1. The fourth-order valence-corrected chi connectivity index (χ4v) is 4.78. The lowest BCUT2D eigenvalue weighted by Crippen LogP contribution is -2.47. The van der Waals surface area contributed by atoms with Crippen molar-refractivity contribution < 1.29 is 4.79 Å². The maximum absolute atomic E-state index is 13.1. The zero-order chi connectivity index (χ0) is 21.3. The van der Waals surface area contributed by atoms with Crippen molar-refractivity contribution in [2.75, 3.05) is 25.0 Å². The van der Waals surface area contributed by atoms with Crippen LogP contribution in [-0.4, -0.2) is 40.5 Å². The molecule has 4 rings (SSSR count). The van der Waals surface area contributed by atoms with Crippen molar-refractivity contribution in [3.05, 3.63) is 42.8 Å². The van der Waals surface area contributed by atoms with Crippen molar-refractivity contribution in [3.63, 3.8) is 0 Å². The molecule has 9 heteroatoms. The van der Waals surface area contributed by atoms with Crippen LogP contribution >= 0.6 is 38.5 Å². The van der Waals surface area contributed by atoms with E-state index in [2.05, 4.69) is 66.2 Å². The zero-order valence-corrected chi connectivity index (χ0v) is 20.3. The first-order valence-corrected chi connectivity index (χ1v) is 11.9. The second kappa shape index (κ2) is 9.29. The summed E-state index contributed by atoms with van der Waals surface area (Å²) in [4.78, 5) is 33.1. The van der Waals surface area contributed by atoms with Gasteiger partial charge in [-0.1, -0.05) is 22.9 Å². The van der Waals surface area contributed by atoms with Crippen molar-refractivity contribution in [2.24, 2.45) is 5.92 Å². The summed E-state index contributed by atoms with van der Waals surface area (Å²) in [5.41, 5.74) is 3.79. The van der Waals surface area contributed by atoms with Crippen LogP contribution < -0.4 is 16.3 Å². The van der Waals surface area contributed by atoms with Crippen LogP contribution in [0.3, 0.4) is 0 Å². The van der Waals surface area contributed by atoms with Crippen LogP contribution in [0.2, 0.25) is 0 Å². The molecule has 1 aliphatic rings. The molecule has 0 unspecified atom stereocenters. The minimum atomic E-state index is -0.191. The highest BCUT2D eigenvalue weighted by molar-refractivity contribution is 14.1. The van der Waals surface area contributed by atoms with E-state index in [0.29, 0.717) is 23.3 Å². The third kappa shape index (κ3) is 4.39. The number of piperidine rings is 1. The fraction of sp³-hybridized carbons (Fsp3) is 0.381. The molecule has 1 fully saturated rings. The van der Waals surface area contributed by atoms with Gasteiger partial charge in [-0.2, -0.15) is 0 Å². The molecule has 3 heterocycles. The molecule has 0 spiro atoms. The van der Waals surface area contributed by atoms with E-state index in [1.165, 1.54) is 0 Å². The molecule has 1 amide bonds. The summed E-state index contributed by atoms with van der Waals surface area (Å²) in [6.07, 6.45) is 4.52. The number of pyridine rings is 2. The number of aromatic amines is 1. The highest BCUT2D eigenvalue weighted by Crippen LogP contribution is 2.32. The molecule has 1 atom stereocenters. The van der Waals surface area contributed by atoms with Crippen LogP contribution in [0.25, 0.3) is 21.7 Å². The second-order valence-corrected chi connectivity index (χ2v) is 9.60. The average Bonchev–Trinajstić information content (AvgIpc) is 2.74. The van der Waals surface area contributed by atoms with Crippen LogP contribution in [0.15, 0.2) is 33.7 Å². The normalized spacial score (nSPS) is 17.5. The summed E-state index contributed by atoms with van der Waals surface area (Å²) in [6.45, 7) is 4.67. The van der Waals surface area contributed by atoms with Gasteiger partial charge in [-0.3, -0.25) is 15.0 Å². The number of hydrogen-bond acceptors (Lipinski definition) is 5. The SMILES string of the molecule is CCCNN1CCC[C@H](C(=O)Nc2nc3c(I)c[nH]c(=O)c3c3cc(Br)ccc23)C1. The lowest BCUT2D eigenvalue weighted by Gasteiger charge is -2.32. The molecule has 0 saturated carbocycles. The Bertz CT molecular complexity index is 1170. The minimum absolute atomic E-state index is 0.0334. The Morgan fingerprint density at radius 1 is 1.40 bits per heavy atom. The average molecular weight is 584 g/mol. The first-order valence-electron chi connectivity index (χ1n) is 10.1. The van der Waals surface area contributed by atoms with Gasteiger partial charge in [0.1, 0.15) is 5.82 Å². The van der Waals surface area contributed by atoms with Crippen molar-refractivity contribution >= 4 is 71.9 Å². The number of hydrazine groups is 1. The molecule has 3 aromatic rings. The number of rotatable bonds is 5. The number of carbonyl (C=O) groups excluding carboxylic acids is 1. The first kappa shape index (κ1) is 21.7. The van der Waals surface area contributed by atoms with Crippen LogP contribution in [-0.2, 0) is 4.79 Å². The number of aromatic nitrogens is 2. The van der Waals surface area contributed by atoms with Gasteiger partial charge in [0, 0.05) is 41.1 Å². The van der Waals surface area contributed by atoms with Gasteiger partial charge >= 0.3 is 0 Å². The summed E-state index contributed by atoms with van der Waals surface area (Å²) in [5.74, 6) is 0.357. The molecule has 0 radical (unpaired) electrons. The quantitative estimate of drug-likeness (QED) is 0.312. The smallest absolute Gasteiger partial charge is 0.258 e. The Balaban J connectivity index is 1.71. The molecule has 1 saturated heterocycles. The second-order valence-electron chi connectivity index (χ2n) is 7.52. The lowest BCUT2D eigenvalue weighted by atomic mass is 9.98. The Kier molecular flexibility index (Phi) is 6.71. The maximum Gasteiger partial charge on any atom is 0.258 e. The topological polar surface area (TPSA) is 90.1 Å². The molecule has 2 aromatic heterocycles. The summed E-state index contributed by atoms with van der Waals surface area (Å²) in [5, 5.41) is 7.24. The number of carbonyl (C=O) groups is 1. The molecule has 1 aromatic carbocycles. The molecule has 7 nitrogen and oxygen atoms in total. The monoisotopic (exact) mass is 583 g/mol. The minimum Gasteiger partial charge on any atom is -0.327 e. The highest BCUT2D eigenvalue weighted by Gasteiger charge is 2.26.